The highest BCUT2D eigenvalue weighted by atomic mass is 32.1. The number of nitrogens with zero attached hydrogens (tertiary/aromatic N) is 1. The number of thiazole rings is 1. The maximum Gasteiger partial charge on any atom is 0.231 e. The van der Waals surface area contributed by atoms with Gasteiger partial charge in [0.25, 0.3) is 0 Å². The Hall–Kier alpha value is -2.53. The summed E-state index contributed by atoms with van der Waals surface area (Å²) in [5.41, 5.74) is 2.86. The molecule has 0 radical (unpaired) electrons. The Morgan fingerprint density at radius 3 is 2.83 bits per heavy atom. The highest BCUT2D eigenvalue weighted by molar-refractivity contribution is 7.10. The van der Waals surface area contributed by atoms with Crippen molar-refractivity contribution >= 4 is 22.9 Å². The predicted octanol–water partition coefficient (Wildman–Crippen LogP) is 4.44. The number of anilines is 1. The lowest BCUT2D eigenvalue weighted by molar-refractivity contribution is -0.115. The van der Waals surface area contributed by atoms with Gasteiger partial charge in [-0.2, -0.15) is 0 Å². The van der Waals surface area contributed by atoms with Gasteiger partial charge >= 0.3 is 0 Å². The summed E-state index contributed by atoms with van der Waals surface area (Å²) in [4.78, 5) is 16.4. The maximum absolute atomic E-state index is 13.8. The summed E-state index contributed by atoms with van der Waals surface area (Å²) in [5.74, 6) is -0.446. The van der Waals surface area contributed by atoms with Gasteiger partial charge in [0.05, 0.1) is 12.1 Å². The molecular formula is C18H15FN2OS. The zero-order chi connectivity index (χ0) is 16.2. The molecule has 2 aromatic carbocycles. The molecule has 0 bridgehead atoms. The van der Waals surface area contributed by atoms with Crippen molar-refractivity contribution in [1.29, 1.82) is 0 Å². The van der Waals surface area contributed by atoms with Gasteiger partial charge in [0.15, 0.2) is 0 Å². The van der Waals surface area contributed by atoms with Crippen molar-refractivity contribution < 1.29 is 9.18 Å². The zero-order valence-electron chi connectivity index (χ0n) is 12.5. The molecule has 0 aliphatic carbocycles. The molecule has 0 atom stereocenters. The number of carbonyl (C=O) groups is 1. The first-order valence-corrected chi connectivity index (χ1v) is 8.05. The third kappa shape index (κ3) is 3.81. The molecule has 0 saturated carbocycles. The van der Waals surface area contributed by atoms with E-state index in [-0.39, 0.29) is 18.1 Å². The number of aryl methyl sites for hydroxylation is 1. The number of hydrogen-bond acceptors (Lipinski definition) is 3. The second kappa shape index (κ2) is 6.71. The van der Waals surface area contributed by atoms with Crippen molar-refractivity contribution in [3.63, 3.8) is 0 Å². The molecule has 3 rings (SSSR count). The second-order valence-corrected chi connectivity index (χ2v) is 6.14. The molecule has 0 saturated heterocycles. The highest BCUT2D eigenvalue weighted by Gasteiger charge is 2.11. The summed E-state index contributed by atoms with van der Waals surface area (Å²) in [5, 5.41) is 5.28. The van der Waals surface area contributed by atoms with Crippen molar-refractivity contribution in [2.45, 2.75) is 13.3 Å². The number of hydrogen-bond donors (Lipinski definition) is 1. The van der Waals surface area contributed by atoms with Crippen molar-refractivity contribution in [1.82, 2.24) is 4.98 Å². The molecule has 0 aliphatic heterocycles. The molecule has 116 valence electrons. The maximum atomic E-state index is 13.8. The summed E-state index contributed by atoms with van der Waals surface area (Å²) in [6.45, 7) is 1.97. The van der Waals surface area contributed by atoms with Crippen LogP contribution in [0.2, 0.25) is 0 Å². The Bertz CT molecular complexity index is 844. The largest absolute Gasteiger partial charge is 0.326 e. The summed E-state index contributed by atoms with van der Waals surface area (Å²) in [6, 6.07) is 14.1. The van der Waals surface area contributed by atoms with Crippen LogP contribution in [-0.2, 0) is 11.2 Å². The van der Waals surface area contributed by atoms with Gasteiger partial charge in [-0.25, -0.2) is 9.37 Å². The van der Waals surface area contributed by atoms with Crippen LogP contribution >= 0.6 is 11.3 Å². The molecular weight excluding hydrogens is 311 g/mol. The predicted molar refractivity (Wildman–Crippen MR) is 91.0 cm³/mol. The molecule has 1 amide bonds. The minimum Gasteiger partial charge on any atom is -0.326 e. The smallest absolute Gasteiger partial charge is 0.231 e. The molecule has 0 fully saturated rings. The Labute approximate surface area is 137 Å². The van der Waals surface area contributed by atoms with E-state index in [1.807, 2.05) is 31.2 Å². The van der Waals surface area contributed by atoms with Crippen LogP contribution in [0.4, 0.5) is 10.1 Å². The van der Waals surface area contributed by atoms with Crippen molar-refractivity contribution in [2.24, 2.45) is 0 Å². The van der Waals surface area contributed by atoms with E-state index in [4.69, 9.17) is 0 Å². The fourth-order valence-electron chi connectivity index (χ4n) is 2.25. The van der Waals surface area contributed by atoms with Crippen LogP contribution in [0, 0.1) is 12.7 Å². The minimum atomic E-state index is -0.312. The minimum absolute atomic E-state index is 0.134. The average molecular weight is 326 g/mol. The lowest BCUT2D eigenvalue weighted by atomic mass is 10.1. The SMILES string of the molecule is Cc1cccc(NC(=O)Cc2nc(-c3ccccc3F)cs2)c1. The Morgan fingerprint density at radius 2 is 2.04 bits per heavy atom. The van der Waals surface area contributed by atoms with Gasteiger partial charge in [0.2, 0.25) is 5.91 Å². The fourth-order valence-corrected chi connectivity index (χ4v) is 3.04. The van der Waals surface area contributed by atoms with E-state index in [2.05, 4.69) is 10.3 Å². The van der Waals surface area contributed by atoms with Crippen molar-refractivity contribution in [3.05, 3.63) is 70.3 Å². The number of rotatable bonds is 4. The van der Waals surface area contributed by atoms with Crippen molar-refractivity contribution in [2.75, 3.05) is 5.32 Å². The molecule has 0 aliphatic rings. The van der Waals surface area contributed by atoms with Crippen LogP contribution < -0.4 is 5.32 Å². The number of benzene rings is 2. The molecule has 1 N–H and O–H groups in total. The molecule has 0 unspecified atom stereocenters. The van der Waals surface area contributed by atoms with Crippen LogP contribution in [0.5, 0.6) is 0 Å². The number of amides is 1. The van der Waals surface area contributed by atoms with E-state index < -0.39 is 0 Å². The molecule has 1 aromatic heterocycles. The fraction of sp³-hybridized carbons (Fsp3) is 0.111. The molecule has 23 heavy (non-hydrogen) atoms. The van der Waals surface area contributed by atoms with E-state index in [0.717, 1.165) is 11.3 Å². The van der Waals surface area contributed by atoms with Crippen molar-refractivity contribution in [3.8, 4) is 11.3 Å². The quantitative estimate of drug-likeness (QED) is 0.770. The summed E-state index contributed by atoms with van der Waals surface area (Å²) in [6.07, 6.45) is 0.174. The first-order valence-electron chi connectivity index (χ1n) is 7.17. The molecule has 3 aromatic rings. The Morgan fingerprint density at radius 1 is 1.22 bits per heavy atom. The van der Waals surface area contributed by atoms with Gasteiger partial charge in [-0.15, -0.1) is 11.3 Å². The van der Waals surface area contributed by atoms with Gasteiger partial charge in [-0.1, -0.05) is 24.3 Å². The van der Waals surface area contributed by atoms with Crippen LogP contribution in [0.3, 0.4) is 0 Å². The van der Waals surface area contributed by atoms with E-state index in [9.17, 15) is 9.18 Å². The van der Waals surface area contributed by atoms with Gasteiger partial charge in [0.1, 0.15) is 10.8 Å². The number of nitrogens with one attached hydrogen (secondary N) is 1. The zero-order valence-corrected chi connectivity index (χ0v) is 13.4. The summed E-state index contributed by atoms with van der Waals surface area (Å²) >= 11 is 1.36. The van der Waals surface area contributed by atoms with E-state index in [1.165, 1.54) is 17.4 Å². The van der Waals surface area contributed by atoms with Crippen LogP contribution in [0.15, 0.2) is 53.9 Å². The van der Waals surface area contributed by atoms with E-state index >= 15 is 0 Å². The monoisotopic (exact) mass is 326 g/mol. The second-order valence-electron chi connectivity index (χ2n) is 5.20. The standard InChI is InChI=1S/C18H15FN2OS/c1-12-5-4-6-13(9-12)20-17(22)10-18-21-16(11-23-18)14-7-2-3-8-15(14)19/h2-9,11H,10H2,1H3,(H,20,22). The first kappa shape index (κ1) is 15.4. The number of carbonyl (C=O) groups excluding carboxylic acids is 1. The third-order valence-corrected chi connectivity index (χ3v) is 4.16. The summed E-state index contributed by atoms with van der Waals surface area (Å²) < 4.78 is 13.8. The average Bonchev–Trinajstić information content (AvgIpc) is 2.95. The Balaban J connectivity index is 1.69. The van der Waals surface area contributed by atoms with Gasteiger partial charge in [-0.05, 0) is 36.8 Å². The lowest BCUT2D eigenvalue weighted by Gasteiger charge is -2.04. The van der Waals surface area contributed by atoms with E-state index in [0.29, 0.717) is 16.3 Å². The van der Waals surface area contributed by atoms with Gasteiger partial charge < -0.3 is 5.32 Å². The summed E-state index contributed by atoms with van der Waals surface area (Å²) in [7, 11) is 0. The van der Waals surface area contributed by atoms with Crippen LogP contribution in [-0.4, -0.2) is 10.9 Å². The molecule has 5 heteroatoms. The van der Waals surface area contributed by atoms with Crippen LogP contribution in [0.1, 0.15) is 10.6 Å². The Kier molecular flexibility index (Phi) is 4.48. The molecule has 0 spiro atoms. The lowest BCUT2D eigenvalue weighted by Crippen LogP contribution is -2.14. The topological polar surface area (TPSA) is 42.0 Å². The number of aromatic nitrogens is 1. The normalized spacial score (nSPS) is 10.5. The highest BCUT2D eigenvalue weighted by Crippen LogP contribution is 2.24. The number of halogens is 1. The van der Waals surface area contributed by atoms with Gasteiger partial charge in [0, 0.05) is 16.6 Å². The van der Waals surface area contributed by atoms with Gasteiger partial charge in [-0.3, -0.25) is 4.79 Å². The molecule has 1 heterocycles. The van der Waals surface area contributed by atoms with Crippen LogP contribution in [0.25, 0.3) is 11.3 Å². The molecule has 3 nitrogen and oxygen atoms in total. The third-order valence-electron chi connectivity index (χ3n) is 3.32. The first-order chi connectivity index (χ1) is 11.1. The van der Waals surface area contributed by atoms with E-state index in [1.54, 1.807) is 23.6 Å².